The van der Waals surface area contributed by atoms with E-state index in [-0.39, 0.29) is 0 Å². The number of hydrogen-bond acceptors (Lipinski definition) is 4. The van der Waals surface area contributed by atoms with E-state index >= 15 is 0 Å². The van der Waals surface area contributed by atoms with E-state index in [0.717, 1.165) is 5.82 Å². The molecule has 0 unspecified atom stereocenters. The van der Waals surface area contributed by atoms with Crippen molar-refractivity contribution in [2.75, 3.05) is 0 Å². The average molecular weight is 653 g/mol. The first kappa shape index (κ1) is 42.6. The fraction of sp³-hybridized carbons (Fsp3) is 0.545. The van der Waals surface area contributed by atoms with Crippen molar-refractivity contribution in [2.24, 2.45) is 0 Å². The molecule has 0 saturated carbocycles. The van der Waals surface area contributed by atoms with Gasteiger partial charge in [0.2, 0.25) is 0 Å². The molecule has 0 aliphatic heterocycles. The van der Waals surface area contributed by atoms with E-state index in [9.17, 15) is 0 Å². The van der Waals surface area contributed by atoms with Gasteiger partial charge in [0.1, 0.15) is 5.82 Å². The highest BCUT2D eigenvalue weighted by Crippen LogP contribution is 2.20. The molecule has 4 rings (SSSR count). The first-order valence-electron chi connectivity index (χ1n) is 18.3. The molecule has 4 heteroatoms. The lowest BCUT2D eigenvalue weighted by molar-refractivity contribution is 0.754. The summed E-state index contributed by atoms with van der Waals surface area (Å²) in [5.41, 5.74) is 9.07. The van der Waals surface area contributed by atoms with Crippen LogP contribution in [0.15, 0.2) is 73.3 Å². The second kappa shape index (κ2) is 21.5. The third-order valence-electron chi connectivity index (χ3n) is 8.28. The number of nitrogens with zero attached hydrogens (tertiary/aromatic N) is 4. The van der Waals surface area contributed by atoms with Crippen LogP contribution in [-0.2, 0) is 0 Å². The highest BCUT2D eigenvalue weighted by Gasteiger charge is 2.05. The molecule has 0 radical (unpaired) electrons. The van der Waals surface area contributed by atoms with Gasteiger partial charge in [-0.3, -0.25) is 9.97 Å². The summed E-state index contributed by atoms with van der Waals surface area (Å²) in [6, 6.07) is 17.5. The first-order chi connectivity index (χ1) is 22.4. The van der Waals surface area contributed by atoms with Crippen LogP contribution in [-0.4, -0.2) is 19.9 Å². The predicted octanol–water partition coefficient (Wildman–Crippen LogP) is 13.3. The molecule has 0 aliphatic carbocycles. The number of aromatic nitrogens is 4. The quantitative estimate of drug-likeness (QED) is 0.190. The van der Waals surface area contributed by atoms with Crippen LogP contribution >= 0.6 is 0 Å². The first-order valence-corrected chi connectivity index (χ1v) is 18.3. The maximum atomic E-state index is 4.40. The zero-order valence-electron chi connectivity index (χ0n) is 33.3. The van der Waals surface area contributed by atoms with Crippen LogP contribution in [0.25, 0.3) is 0 Å². The molecule has 3 heterocycles. The van der Waals surface area contributed by atoms with Gasteiger partial charge in [0, 0.05) is 42.1 Å². The van der Waals surface area contributed by atoms with Crippen LogP contribution in [0.1, 0.15) is 203 Å². The molecular weight excluding hydrogens is 585 g/mol. The van der Waals surface area contributed by atoms with Crippen molar-refractivity contribution in [1.29, 1.82) is 0 Å². The number of hydrogen-bond donors (Lipinski definition) is 0. The standard InChI is InChI=1S/C12H18.2C11H17N.C10H16N2/c1-9(2)11-5-7-12(8-6-11)10(3)4;2*1-8(2)10-5-6-11(9(3)4)12-7-10;1-7(2)9-5-11-10(8(3)4)12-6-9/h5-10H,1-4H3;2*5-9H,1-4H3;5-8H,1-4H3. The van der Waals surface area contributed by atoms with E-state index in [1.807, 2.05) is 24.8 Å². The van der Waals surface area contributed by atoms with Crippen LogP contribution < -0.4 is 0 Å². The summed E-state index contributed by atoms with van der Waals surface area (Å²) in [5.74, 6) is 5.39. The second-order valence-electron chi connectivity index (χ2n) is 15.3. The Morgan fingerprint density at radius 1 is 0.271 bits per heavy atom. The highest BCUT2D eigenvalue weighted by atomic mass is 14.9. The largest absolute Gasteiger partial charge is 0.261 e. The Morgan fingerprint density at radius 2 is 0.542 bits per heavy atom. The van der Waals surface area contributed by atoms with Gasteiger partial charge in [0.15, 0.2) is 0 Å². The van der Waals surface area contributed by atoms with E-state index in [4.69, 9.17) is 0 Å². The molecule has 0 amide bonds. The zero-order chi connectivity index (χ0) is 36.6. The predicted molar refractivity (Wildman–Crippen MR) is 210 cm³/mol. The van der Waals surface area contributed by atoms with Crippen molar-refractivity contribution in [1.82, 2.24) is 19.9 Å². The van der Waals surface area contributed by atoms with Gasteiger partial charge >= 0.3 is 0 Å². The van der Waals surface area contributed by atoms with Gasteiger partial charge in [-0.1, -0.05) is 147 Å². The minimum atomic E-state index is 0.422. The monoisotopic (exact) mass is 653 g/mol. The van der Waals surface area contributed by atoms with E-state index in [1.165, 1.54) is 39.2 Å². The van der Waals surface area contributed by atoms with Crippen LogP contribution in [0.2, 0.25) is 0 Å². The molecule has 4 nitrogen and oxygen atoms in total. The summed E-state index contributed by atoms with van der Waals surface area (Å²) in [5, 5.41) is 0. The maximum absolute atomic E-state index is 4.40. The lowest BCUT2D eigenvalue weighted by Crippen LogP contribution is -1.99. The second-order valence-corrected chi connectivity index (χ2v) is 15.3. The molecule has 264 valence electrons. The topological polar surface area (TPSA) is 51.6 Å². The van der Waals surface area contributed by atoms with Crippen LogP contribution in [0.3, 0.4) is 0 Å². The van der Waals surface area contributed by atoms with E-state index in [1.54, 1.807) is 0 Å². The number of benzene rings is 1. The van der Waals surface area contributed by atoms with Gasteiger partial charge in [0.25, 0.3) is 0 Å². The summed E-state index contributed by atoms with van der Waals surface area (Å²) >= 11 is 0. The lowest BCUT2D eigenvalue weighted by Gasteiger charge is -2.08. The Hall–Kier alpha value is -3.40. The highest BCUT2D eigenvalue weighted by molar-refractivity contribution is 5.26. The molecule has 4 aromatic rings. The van der Waals surface area contributed by atoms with Crippen molar-refractivity contribution in [3.05, 3.63) is 118 Å². The Balaban J connectivity index is 0.000000320. The molecule has 0 atom stereocenters. The summed E-state index contributed by atoms with van der Waals surface area (Å²) in [6.07, 6.45) is 7.82. The summed E-state index contributed by atoms with van der Waals surface area (Å²) < 4.78 is 0. The molecule has 1 aromatic carbocycles. The van der Waals surface area contributed by atoms with Crippen molar-refractivity contribution in [3.63, 3.8) is 0 Å². The van der Waals surface area contributed by atoms with Gasteiger partial charge in [0.05, 0.1) is 0 Å². The van der Waals surface area contributed by atoms with Gasteiger partial charge < -0.3 is 0 Å². The van der Waals surface area contributed by atoms with Gasteiger partial charge in [-0.05, 0) is 81.4 Å². The lowest BCUT2D eigenvalue weighted by atomic mass is 9.97. The minimum absolute atomic E-state index is 0.422. The summed E-state index contributed by atoms with van der Waals surface area (Å²) in [4.78, 5) is 17.4. The Bertz CT molecular complexity index is 1050. The van der Waals surface area contributed by atoms with Gasteiger partial charge in [-0.15, -0.1) is 0 Å². The van der Waals surface area contributed by atoms with Crippen molar-refractivity contribution >= 4 is 0 Å². The van der Waals surface area contributed by atoms with Crippen molar-refractivity contribution in [2.45, 2.75) is 158 Å². The molecule has 0 aliphatic rings. The van der Waals surface area contributed by atoms with Crippen molar-refractivity contribution in [3.8, 4) is 0 Å². The Labute approximate surface area is 295 Å². The van der Waals surface area contributed by atoms with Gasteiger partial charge in [-0.25, -0.2) is 9.97 Å². The minimum Gasteiger partial charge on any atom is -0.261 e. The van der Waals surface area contributed by atoms with E-state index in [2.05, 4.69) is 179 Å². The third-order valence-corrected chi connectivity index (χ3v) is 8.28. The normalized spacial score (nSPS) is 11.2. The number of pyridine rings is 2. The fourth-order valence-electron chi connectivity index (χ4n) is 4.41. The molecule has 0 bridgehead atoms. The maximum Gasteiger partial charge on any atom is 0.130 e. The molecule has 48 heavy (non-hydrogen) atoms. The smallest absolute Gasteiger partial charge is 0.130 e. The third kappa shape index (κ3) is 15.7. The fourth-order valence-corrected chi connectivity index (χ4v) is 4.41. The molecule has 0 saturated heterocycles. The molecule has 0 N–H and O–H groups in total. The van der Waals surface area contributed by atoms with E-state index in [0.29, 0.717) is 47.3 Å². The molecule has 0 spiro atoms. The van der Waals surface area contributed by atoms with Crippen LogP contribution in [0, 0.1) is 0 Å². The zero-order valence-corrected chi connectivity index (χ0v) is 33.3. The molecule has 0 fully saturated rings. The van der Waals surface area contributed by atoms with Crippen LogP contribution in [0.5, 0.6) is 0 Å². The van der Waals surface area contributed by atoms with Crippen LogP contribution in [0.4, 0.5) is 0 Å². The average Bonchev–Trinajstić information content (AvgIpc) is 3.05. The number of rotatable bonds is 8. The molecular formula is C44H68N4. The Morgan fingerprint density at radius 3 is 0.750 bits per heavy atom. The molecule has 3 aromatic heterocycles. The van der Waals surface area contributed by atoms with E-state index < -0.39 is 0 Å². The van der Waals surface area contributed by atoms with Crippen molar-refractivity contribution < 1.29 is 0 Å². The SMILES string of the molecule is CC(C)c1ccc(C(C)C)cc1.CC(C)c1ccc(C(C)C)nc1.CC(C)c1ccc(C(C)C)nc1.CC(C)c1cnc(C(C)C)nc1. The Kier molecular flexibility index (Phi) is 19.1. The summed E-state index contributed by atoms with van der Waals surface area (Å²) in [7, 11) is 0. The summed E-state index contributed by atoms with van der Waals surface area (Å²) in [6.45, 7) is 34.8. The van der Waals surface area contributed by atoms with Gasteiger partial charge in [-0.2, -0.15) is 0 Å².